The van der Waals surface area contributed by atoms with Crippen molar-refractivity contribution in [3.05, 3.63) is 89.1 Å². The second kappa shape index (κ2) is 11.1. The van der Waals surface area contributed by atoms with Crippen LogP contribution in [-0.4, -0.2) is 58.5 Å². The number of Topliss-reactive ketones (excluding diaryl/α,β-unsaturated/α-hetero) is 1. The quantitative estimate of drug-likeness (QED) is 0.269. The summed E-state index contributed by atoms with van der Waals surface area (Å²) in [7, 11) is 0. The van der Waals surface area contributed by atoms with E-state index in [0.717, 1.165) is 52.8 Å². The van der Waals surface area contributed by atoms with Gasteiger partial charge in [-0.25, -0.2) is 4.68 Å². The third-order valence-corrected chi connectivity index (χ3v) is 7.28. The van der Waals surface area contributed by atoms with E-state index in [2.05, 4.69) is 36.3 Å². The SMILES string of the molecule is Cc1ccc(-n2nc(C(C)(C)C)cc2NC(=O)C(=O)c2ccc(CCN3CCNC(=O)C3)c3ccccc23)cc1. The number of anilines is 1. The zero-order valence-corrected chi connectivity index (χ0v) is 23.5. The topological polar surface area (TPSA) is 96.3 Å². The van der Waals surface area contributed by atoms with E-state index in [0.29, 0.717) is 24.5 Å². The molecular formula is C32H35N5O3. The van der Waals surface area contributed by atoms with Crippen molar-refractivity contribution in [3.8, 4) is 5.69 Å². The van der Waals surface area contributed by atoms with Crippen molar-refractivity contribution in [3.63, 3.8) is 0 Å². The molecule has 1 fully saturated rings. The summed E-state index contributed by atoms with van der Waals surface area (Å²) in [6, 6.07) is 21.0. The molecule has 2 heterocycles. The Morgan fingerprint density at radius 3 is 2.42 bits per heavy atom. The van der Waals surface area contributed by atoms with Gasteiger partial charge in [-0.05, 0) is 47.9 Å². The predicted molar refractivity (Wildman–Crippen MR) is 157 cm³/mol. The molecule has 40 heavy (non-hydrogen) atoms. The number of carbonyl (C=O) groups is 3. The number of nitrogens with zero attached hydrogens (tertiary/aromatic N) is 3. The molecule has 0 spiro atoms. The Morgan fingerprint density at radius 1 is 1.00 bits per heavy atom. The fraction of sp³-hybridized carbons (Fsp3) is 0.312. The third-order valence-electron chi connectivity index (χ3n) is 7.28. The van der Waals surface area contributed by atoms with Crippen molar-refractivity contribution >= 4 is 34.2 Å². The first-order valence-corrected chi connectivity index (χ1v) is 13.6. The molecule has 1 aromatic heterocycles. The molecule has 0 aliphatic carbocycles. The molecule has 2 N–H and O–H groups in total. The van der Waals surface area contributed by atoms with Crippen molar-refractivity contribution in [2.75, 3.05) is 31.5 Å². The highest BCUT2D eigenvalue weighted by Crippen LogP contribution is 2.28. The van der Waals surface area contributed by atoms with Gasteiger partial charge in [-0.3, -0.25) is 19.3 Å². The van der Waals surface area contributed by atoms with Crippen molar-refractivity contribution in [1.29, 1.82) is 0 Å². The number of aromatic nitrogens is 2. The van der Waals surface area contributed by atoms with Crippen LogP contribution in [-0.2, 0) is 21.4 Å². The van der Waals surface area contributed by atoms with Gasteiger partial charge in [0.1, 0.15) is 5.82 Å². The van der Waals surface area contributed by atoms with Gasteiger partial charge in [0.25, 0.3) is 11.7 Å². The minimum absolute atomic E-state index is 0.0430. The molecule has 8 heteroatoms. The lowest BCUT2D eigenvalue weighted by Crippen LogP contribution is -2.48. The van der Waals surface area contributed by atoms with Gasteiger partial charge < -0.3 is 10.6 Å². The zero-order chi connectivity index (χ0) is 28.4. The van der Waals surface area contributed by atoms with E-state index in [1.807, 2.05) is 67.6 Å². The highest BCUT2D eigenvalue weighted by atomic mass is 16.2. The number of benzene rings is 3. The predicted octanol–water partition coefficient (Wildman–Crippen LogP) is 4.43. The van der Waals surface area contributed by atoms with Gasteiger partial charge in [-0.2, -0.15) is 5.10 Å². The number of carbonyl (C=O) groups excluding carboxylic acids is 3. The number of nitrogens with one attached hydrogen (secondary N) is 2. The van der Waals surface area contributed by atoms with E-state index < -0.39 is 11.7 Å². The number of hydrogen-bond donors (Lipinski definition) is 2. The van der Waals surface area contributed by atoms with Crippen LogP contribution in [0.4, 0.5) is 5.82 Å². The molecule has 4 aromatic rings. The largest absolute Gasteiger partial charge is 0.354 e. The second-order valence-corrected chi connectivity index (χ2v) is 11.4. The summed E-state index contributed by atoms with van der Waals surface area (Å²) in [5, 5.41) is 12.1. The van der Waals surface area contributed by atoms with Crippen LogP contribution >= 0.6 is 0 Å². The fourth-order valence-corrected chi connectivity index (χ4v) is 4.95. The van der Waals surface area contributed by atoms with E-state index in [9.17, 15) is 14.4 Å². The molecule has 1 aliphatic heterocycles. The highest BCUT2D eigenvalue weighted by Gasteiger charge is 2.25. The average Bonchev–Trinajstić information content (AvgIpc) is 3.36. The summed E-state index contributed by atoms with van der Waals surface area (Å²) < 4.78 is 1.67. The Bertz CT molecular complexity index is 1580. The molecule has 206 valence electrons. The summed E-state index contributed by atoms with van der Waals surface area (Å²) in [5.74, 6) is -0.838. The Kier molecular flexibility index (Phi) is 7.54. The van der Waals surface area contributed by atoms with Gasteiger partial charge in [0.05, 0.1) is 17.9 Å². The molecule has 5 rings (SSSR count). The minimum atomic E-state index is -0.717. The van der Waals surface area contributed by atoms with Crippen LogP contribution in [0.3, 0.4) is 0 Å². The number of ketones is 1. The van der Waals surface area contributed by atoms with Crippen LogP contribution in [0.2, 0.25) is 0 Å². The first kappa shape index (κ1) is 27.3. The molecule has 0 saturated carbocycles. The summed E-state index contributed by atoms with van der Waals surface area (Å²) >= 11 is 0. The number of fused-ring (bicyclic) bond motifs is 1. The molecule has 2 amide bonds. The lowest BCUT2D eigenvalue weighted by atomic mass is 9.92. The van der Waals surface area contributed by atoms with Crippen LogP contribution in [0.5, 0.6) is 0 Å². The van der Waals surface area contributed by atoms with E-state index in [4.69, 9.17) is 5.10 Å². The van der Waals surface area contributed by atoms with Crippen LogP contribution in [0.1, 0.15) is 48.0 Å². The van der Waals surface area contributed by atoms with Crippen LogP contribution < -0.4 is 10.6 Å². The Hall–Kier alpha value is -4.30. The number of hydrogen-bond acceptors (Lipinski definition) is 5. The van der Waals surface area contributed by atoms with Gasteiger partial charge in [-0.1, -0.05) is 68.8 Å². The fourth-order valence-electron chi connectivity index (χ4n) is 4.95. The second-order valence-electron chi connectivity index (χ2n) is 11.4. The smallest absolute Gasteiger partial charge is 0.297 e. The third kappa shape index (κ3) is 5.82. The first-order chi connectivity index (χ1) is 19.1. The minimum Gasteiger partial charge on any atom is -0.354 e. The summed E-state index contributed by atoms with van der Waals surface area (Å²) in [6.07, 6.45) is 0.736. The highest BCUT2D eigenvalue weighted by molar-refractivity contribution is 6.48. The maximum Gasteiger partial charge on any atom is 0.297 e. The van der Waals surface area contributed by atoms with E-state index in [1.165, 1.54) is 0 Å². The molecule has 0 bridgehead atoms. The van der Waals surface area contributed by atoms with Crippen molar-refractivity contribution in [1.82, 2.24) is 20.0 Å². The molecule has 1 saturated heterocycles. The molecule has 0 unspecified atom stereocenters. The van der Waals surface area contributed by atoms with Crippen molar-refractivity contribution in [2.24, 2.45) is 0 Å². The average molecular weight is 538 g/mol. The normalized spacial score (nSPS) is 14.2. The van der Waals surface area contributed by atoms with E-state index in [-0.39, 0.29) is 11.3 Å². The van der Waals surface area contributed by atoms with Crippen molar-refractivity contribution < 1.29 is 14.4 Å². The van der Waals surface area contributed by atoms with E-state index >= 15 is 0 Å². The first-order valence-electron chi connectivity index (χ1n) is 13.6. The molecule has 8 nitrogen and oxygen atoms in total. The zero-order valence-electron chi connectivity index (χ0n) is 23.5. The van der Waals surface area contributed by atoms with Gasteiger partial charge in [0, 0.05) is 36.7 Å². The Balaban J connectivity index is 1.41. The van der Waals surface area contributed by atoms with Crippen LogP contribution in [0, 0.1) is 6.92 Å². The Labute approximate surface area is 234 Å². The maximum absolute atomic E-state index is 13.5. The molecule has 1 aliphatic rings. The molecular weight excluding hydrogens is 502 g/mol. The standard InChI is InChI=1S/C32H35N5O3/c1-21-9-12-23(13-10-21)37-28(19-27(35-37)32(2,3)4)34-31(40)30(39)26-14-11-22(24-7-5-6-8-25(24)26)15-17-36-18-16-33-29(38)20-36/h5-14,19H,15-18,20H2,1-4H3,(H,33,38)(H,34,40). The van der Waals surface area contributed by atoms with Crippen molar-refractivity contribution in [2.45, 2.75) is 39.5 Å². The molecule has 0 radical (unpaired) electrons. The summed E-state index contributed by atoms with van der Waals surface area (Å²) in [5.41, 5.74) is 3.90. The number of rotatable bonds is 7. The Morgan fingerprint density at radius 2 is 1.73 bits per heavy atom. The number of aryl methyl sites for hydroxylation is 1. The maximum atomic E-state index is 13.5. The van der Waals surface area contributed by atoms with Crippen LogP contribution in [0.15, 0.2) is 66.7 Å². The number of amides is 2. The molecule has 0 atom stereocenters. The van der Waals surface area contributed by atoms with Gasteiger partial charge in [-0.15, -0.1) is 0 Å². The summed E-state index contributed by atoms with van der Waals surface area (Å²) in [6.45, 7) is 10.8. The van der Waals surface area contributed by atoms with Crippen LogP contribution in [0.25, 0.3) is 16.5 Å². The lowest BCUT2D eigenvalue weighted by Gasteiger charge is -2.26. The van der Waals surface area contributed by atoms with Gasteiger partial charge in [0.15, 0.2) is 0 Å². The summed E-state index contributed by atoms with van der Waals surface area (Å²) in [4.78, 5) is 40.7. The number of piperazine rings is 1. The lowest BCUT2D eigenvalue weighted by molar-refractivity contribution is -0.124. The molecule has 3 aromatic carbocycles. The van der Waals surface area contributed by atoms with Gasteiger partial charge in [0.2, 0.25) is 5.91 Å². The van der Waals surface area contributed by atoms with E-state index in [1.54, 1.807) is 10.7 Å². The monoisotopic (exact) mass is 537 g/mol. The van der Waals surface area contributed by atoms with Gasteiger partial charge >= 0.3 is 0 Å².